The lowest BCUT2D eigenvalue weighted by Gasteiger charge is -2.35. The van der Waals surface area contributed by atoms with E-state index in [4.69, 9.17) is 4.98 Å². The molecule has 0 aliphatic carbocycles. The molecule has 0 bridgehead atoms. The fraction of sp³-hybridized carbons (Fsp3) is 0.500. The highest BCUT2D eigenvalue weighted by molar-refractivity contribution is 5.69. The van der Waals surface area contributed by atoms with Gasteiger partial charge in [-0.05, 0) is 56.7 Å². The van der Waals surface area contributed by atoms with E-state index in [9.17, 15) is 0 Å². The maximum absolute atomic E-state index is 4.97. The fourth-order valence-corrected chi connectivity index (χ4v) is 4.21. The average molecular weight is 322 g/mol. The Hall–Kier alpha value is -2.10. The van der Waals surface area contributed by atoms with Crippen molar-refractivity contribution >= 4 is 17.5 Å². The van der Waals surface area contributed by atoms with Crippen LogP contribution in [0.15, 0.2) is 36.5 Å². The second-order valence-electron chi connectivity index (χ2n) is 7.02. The first-order valence-corrected chi connectivity index (χ1v) is 9.24. The molecule has 0 N–H and O–H groups in total. The molecule has 1 aromatic heterocycles. The van der Waals surface area contributed by atoms with E-state index in [2.05, 4.69) is 52.9 Å². The summed E-state index contributed by atoms with van der Waals surface area (Å²) in [5.41, 5.74) is 2.70. The molecule has 0 saturated carbocycles. The summed E-state index contributed by atoms with van der Waals surface area (Å²) in [6.45, 7) is 5.62. The summed E-state index contributed by atoms with van der Waals surface area (Å²) in [7, 11) is 0. The van der Waals surface area contributed by atoms with Gasteiger partial charge in [-0.3, -0.25) is 0 Å². The fourth-order valence-electron chi connectivity index (χ4n) is 4.21. The molecule has 1 fully saturated rings. The van der Waals surface area contributed by atoms with E-state index >= 15 is 0 Å². The Morgan fingerprint density at radius 3 is 2.92 bits per heavy atom. The molecule has 4 rings (SSSR count). The van der Waals surface area contributed by atoms with Crippen LogP contribution in [-0.4, -0.2) is 28.6 Å². The van der Waals surface area contributed by atoms with E-state index in [-0.39, 0.29) is 0 Å². The number of fused-ring (bicyclic) bond motifs is 1. The van der Waals surface area contributed by atoms with Gasteiger partial charge >= 0.3 is 0 Å². The number of aromatic nitrogens is 2. The topological polar surface area (TPSA) is 32.3 Å². The van der Waals surface area contributed by atoms with Crippen molar-refractivity contribution in [2.45, 2.75) is 58.0 Å². The maximum atomic E-state index is 4.97. The molecule has 24 heavy (non-hydrogen) atoms. The number of benzene rings is 1. The molecule has 1 saturated heterocycles. The van der Waals surface area contributed by atoms with Gasteiger partial charge in [-0.15, -0.1) is 0 Å². The highest BCUT2D eigenvalue weighted by Crippen LogP contribution is 2.37. The minimum atomic E-state index is 0.438. The van der Waals surface area contributed by atoms with E-state index in [0.717, 1.165) is 31.2 Å². The number of nitrogens with zero attached hydrogens (tertiary/aromatic N) is 4. The Balaban J connectivity index is 1.68. The predicted octanol–water partition coefficient (Wildman–Crippen LogP) is 4.33. The largest absolute Gasteiger partial charge is 0.338 e. The molecule has 0 spiro atoms. The number of piperidine rings is 1. The van der Waals surface area contributed by atoms with Crippen LogP contribution < -0.4 is 9.80 Å². The third kappa shape index (κ3) is 2.64. The summed E-state index contributed by atoms with van der Waals surface area (Å²) < 4.78 is 0. The van der Waals surface area contributed by atoms with Gasteiger partial charge in [0, 0.05) is 30.5 Å². The van der Waals surface area contributed by atoms with Crippen molar-refractivity contribution in [3.05, 3.63) is 42.1 Å². The van der Waals surface area contributed by atoms with Crippen molar-refractivity contribution in [3.63, 3.8) is 0 Å². The molecule has 2 aromatic rings. The van der Waals surface area contributed by atoms with Crippen molar-refractivity contribution in [2.75, 3.05) is 16.3 Å². The zero-order chi connectivity index (χ0) is 16.5. The summed E-state index contributed by atoms with van der Waals surface area (Å²) in [6.07, 6.45) is 7.99. The molecule has 1 aromatic carbocycles. The van der Waals surface area contributed by atoms with Gasteiger partial charge in [0.25, 0.3) is 0 Å². The molecule has 0 radical (unpaired) electrons. The lowest BCUT2D eigenvalue weighted by molar-refractivity contribution is 0.443. The Labute approximate surface area is 144 Å². The first-order chi connectivity index (χ1) is 11.8. The van der Waals surface area contributed by atoms with Crippen LogP contribution in [0.2, 0.25) is 0 Å². The minimum Gasteiger partial charge on any atom is -0.338 e. The van der Waals surface area contributed by atoms with E-state index < -0.39 is 0 Å². The van der Waals surface area contributed by atoms with Gasteiger partial charge in [0.1, 0.15) is 5.82 Å². The van der Waals surface area contributed by atoms with Crippen molar-refractivity contribution < 1.29 is 0 Å². The smallest absolute Gasteiger partial charge is 0.227 e. The Morgan fingerprint density at radius 1 is 1.17 bits per heavy atom. The van der Waals surface area contributed by atoms with Crippen LogP contribution in [0.25, 0.3) is 0 Å². The zero-order valence-electron chi connectivity index (χ0n) is 14.7. The molecule has 2 unspecified atom stereocenters. The number of hydrogen-bond donors (Lipinski definition) is 0. The molecule has 3 heterocycles. The SMILES string of the molecule is CCC1CCCCN1c1nccc(N2c3ccccc3CC2C)n1. The van der Waals surface area contributed by atoms with Crippen LogP contribution >= 0.6 is 0 Å². The quantitative estimate of drug-likeness (QED) is 0.842. The number of rotatable bonds is 3. The molecule has 2 aliphatic rings. The summed E-state index contributed by atoms with van der Waals surface area (Å²) in [5.74, 6) is 1.92. The zero-order valence-corrected chi connectivity index (χ0v) is 14.7. The molecular formula is C20H26N4. The standard InChI is InChI=1S/C20H26N4/c1-3-17-9-6-7-13-23(17)20-21-12-11-19(22-20)24-15(2)14-16-8-4-5-10-18(16)24/h4-5,8,10-12,15,17H,3,6-7,9,13-14H2,1-2H3. The average Bonchev–Trinajstić information content (AvgIpc) is 2.97. The number of para-hydroxylation sites is 1. The molecule has 4 heteroatoms. The molecule has 0 amide bonds. The van der Waals surface area contributed by atoms with Crippen molar-refractivity contribution in [3.8, 4) is 0 Å². The summed E-state index contributed by atoms with van der Waals surface area (Å²) in [5, 5.41) is 0. The third-order valence-electron chi connectivity index (χ3n) is 5.44. The normalized spacial score (nSPS) is 23.4. The van der Waals surface area contributed by atoms with Gasteiger partial charge in [0.05, 0.1) is 0 Å². The van der Waals surface area contributed by atoms with Gasteiger partial charge in [-0.25, -0.2) is 4.98 Å². The van der Waals surface area contributed by atoms with Crippen molar-refractivity contribution in [1.82, 2.24) is 9.97 Å². The Morgan fingerprint density at radius 2 is 2.04 bits per heavy atom. The molecular weight excluding hydrogens is 296 g/mol. The van der Waals surface area contributed by atoms with Crippen LogP contribution in [0.3, 0.4) is 0 Å². The van der Waals surface area contributed by atoms with Crippen LogP contribution in [0, 0.1) is 0 Å². The molecule has 4 nitrogen and oxygen atoms in total. The number of anilines is 3. The highest BCUT2D eigenvalue weighted by atomic mass is 15.3. The van der Waals surface area contributed by atoms with E-state index in [1.807, 2.05) is 12.3 Å². The summed E-state index contributed by atoms with van der Waals surface area (Å²) in [6, 6.07) is 11.7. The molecule has 2 aliphatic heterocycles. The second kappa shape index (κ2) is 6.42. The van der Waals surface area contributed by atoms with Crippen LogP contribution in [0.5, 0.6) is 0 Å². The van der Waals surface area contributed by atoms with Crippen molar-refractivity contribution in [1.29, 1.82) is 0 Å². The van der Waals surface area contributed by atoms with E-state index in [1.54, 1.807) is 0 Å². The Bertz CT molecular complexity index is 714. The first kappa shape index (κ1) is 15.4. The van der Waals surface area contributed by atoms with Gasteiger partial charge in [-0.2, -0.15) is 4.98 Å². The lowest BCUT2D eigenvalue weighted by atomic mass is 10.0. The van der Waals surface area contributed by atoms with Gasteiger partial charge in [-0.1, -0.05) is 25.1 Å². The summed E-state index contributed by atoms with van der Waals surface area (Å²) >= 11 is 0. The van der Waals surface area contributed by atoms with Gasteiger partial charge in [0.2, 0.25) is 5.95 Å². The minimum absolute atomic E-state index is 0.438. The van der Waals surface area contributed by atoms with Gasteiger partial charge < -0.3 is 9.80 Å². The van der Waals surface area contributed by atoms with Crippen LogP contribution in [0.4, 0.5) is 17.5 Å². The van der Waals surface area contributed by atoms with Crippen molar-refractivity contribution in [2.24, 2.45) is 0 Å². The third-order valence-corrected chi connectivity index (χ3v) is 5.44. The van der Waals surface area contributed by atoms with Crippen LogP contribution in [-0.2, 0) is 6.42 Å². The number of hydrogen-bond acceptors (Lipinski definition) is 4. The lowest BCUT2D eigenvalue weighted by Crippen LogP contribution is -2.40. The Kier molecular flexibility index (Phi) is 4.13. The van der Waals surface area contributed by atoms with Crippen LogP contribution in [0.1, 0.15) is 45.1 Å². The molecule has 2 atom stereocenters. The second-order valence-corrected chi connectivity index (χ2v) is 7.02. The predicted molar refractivity (Wildman–Crippen MR) is 99.1 cm³/mol. The molecule has 126 valence electrons. The highest BCUT2D eigenvalue weighted by Gasteiger charge is 2.29. The monoisotopic (exact) mass is 322 g/mol. The maximum Gasteiger partial charge on any atom is 0.227 e. The van der Waals surface area contributed by atoms with E-state index in [0.29, 0.717) is 12.1 Å². The van der Waals surface area contributed by atoms with E-state index in [1.165, 1.54) is 30.5 Å². The van der Waals surface area contributed by atoms with Gasteiger partial charge in [0.15, 0.2) is 0 Å². The summed E-state index contributed by atoms with van der Waals surface area (Å²) in [4.78, 5) is 14.4. The first-order valence-electron chi connectivity index (χ1n) is 9.24.